The molecule has 0 aromatic carbocycles. The second-order valence-electron chi connectivity index (χ2n) is 4.93. The Balaban J connectivity index is 2.18. The number of hydrogen-bond acceptors (Lipinski definition) is 2. The zero-order chi connectivity index (χ0) is 10.6. The van der Waals surface area contributed by atoms with Crippen LogP contribution in [0.5, 0.6) is 0 Å². The lowest BCUT2D eigenvalue weighted by Crippen LogP contribution is -2.38. The fraction of sp³-hybridized carbons (Fsp3) is 1.00. The number of nitrogens with one attached hydrogen (secondary N) is 1. The Labute approximate surface area is 89.1 Å². The van der Waals surface area contributed by atoms with Crippen molar-refractivity contribution in [3.8, 4) is 0 Å². The molecule has 1 fully saturated rings. The minimum absolute atomic E-state index is 0.693. The number of likely N-dealkylation sites (N-methyl/N-ethyl adjacent to an activating group) is 1. The highest BCUT2D eigenvalue weighted by molar-refractivity contribution is 4.86. The van der Waals surface area contributed by atoms with Gasteiger partial charge in [0.25, 0.3) is 0 Å². The van der Waals surface area contributed by atoms with Gasteiger partial charge in [-0.2, -0.15) is 0 Å². The molecule has 1 aliphatic heterocycles. The third-order valence-corrected chi connectivity index (χ3v) is 3.40. The van der Waals surface area contributed by atoms with Gasteiger partial charge in [-0.3, -0.25) is 0 Å². The molecule has 1 aliphatic rings. The quantitative estimate of drug-likeness (QED) is 0.729. The highest BCUT2D eigenvalue weighted by Gasteiger charge is 2.26. The molecule has 2 heteroatoms. The van der Waals surface area contributed by atoms with Crippen molar-refractivity contribution >= 4 is 0 Å². The molecule has 0 aromatic rings. The van der Waals surface area contributed by atoms with Crippen LogP contribution in [0, 0.1) is 0 Å². The summed E-state index contributed by atoms with van der Waals surface area (Å²) in [6, 6.07) is 2.17. The summed E-state index contributed by atoms with van der Waals surface area (Å²) >= 11 is 0. The Morgan fingerprint density at radius 2 is 2.21 bits per heavy atom. The molecule has 1 heterocycles. The molecule has 84 valence electrons. The largest absolute Gasteiger partial charge is 0.310 e. The van der Waals surface area contributed by atoms with E-state index in [4.69, 9.17) is 0 Å². The monoisotopic (exact) mass is 198 g/mol. The normalized spacial score (nSPS) is 30.9. The van der Waals surface area contributed by atoms with Crippen LogP contribution in [0.15, 0.2) is 0 Å². The molecule has 14 heavy (non-hydrogen) atoms. The zero-order valence-corrected chi connectivity index (χ0v) is 10.2. The molecule has 0 saturated carbocycles. The van der Waals surface area contributed by atoms with Crippen molar-refractivity contribution in [1.82, 2.24) is 10.2 Å². The van der Waals surface area contributed by atoms with Crippen LogP contribution in [0.25, 0.3) is 0 Å². The smallest absolute Gasteiger partial charge is 0.0212 e. The van der Waals surface area contributed by atoms with Gasteiger partial charge in [-0.15, -0.1) is 0 Å². The third kappa shape index (κ3) is 3.58. The second-order valence-corrected chi connectivity index (χ2v) is 4.93. The summed E-state index contributed by atoms with van der Waals surface area (Å²) in [5, 5.41) is 3.73. The van der Waals surface area contributed by atoms with Crippen LogP contribution >= 0.6 is 0 Å². The van der Waals surface area contributed by atoms with Gasteiger partial charge in [0.15, 0.2) is 0 Å². The van der Waals surface area contributed by atoms with Crippen molar-refractivity contribution in [2.45, 2.75) is 64.6 Å². The van der Waals surface area contributed by atoms with Gasteiger partial charge < -0.3 is 10.2 Å². The number of likely N-dealkylation sites (tertiary alicyclic amines) is 1. The third-order valence-electron chi connectivity index (χ3n) is 3.40. The fourth-order valence-electron chi connectivity index (χ4n) is 2.31. The molecular formula is C12H26N2. The number of unbranched alkanes of at least 4 members (excludes halogenated alkanes) is 1. The Hall–Kier alpha value is -0.0800. The van der Waals surface area contributed by atoms with Gasteiger partial charge in [-0.1, -0.05) is 19.8 Å². The van der Waals surface area contributed by atoms with E-state index in [0.717, 1.165) is 12.1 Å². The predicted molar refractivity (Wildman–Crippen MR) is 62.6 cm³/mol. The first kappa shape index (κ1) is 12.0. The summed E-state index contributed by atoms with van der Waals surface area (Å²) in [7, 11) is 2.23. The molecule has 3 unspecified atom stereocenters. The van der Waals surface area contributed by atoms with E-state index in [1.807, 2.05) is 0 Å². The Morgan fingerprint density at radius 1 is 1.50 bits per heavy atom. The molecule has 2 nitrogen and oxygen atoms in total. The number of rotatable bonds is 5. The van der Waals surface area contributed by atoms with E-state index in [2.05, 4.69) is 38.0 Å². The number of nitrogens with zero attached hydrogens (tertiary/aromatic N) is 1. The Bertz CT molecular complexity index is 148. The van der Waals surface area contributed by atoms with Gasteiger partial charge >= 0.3 is 0 Å². The van der Waals surface area contributed by atoms with E-state index in [-0.39, 0.29) is 0 Å². The van der Waals surface area contributed by atoms with Crippen molar-refractivity contribution in [3.05, 3.63) is 0 Å². The maximum atomic E-state index is 3.73. The average molecular weight is 198 g/mol. The lowest BCUT2D eigenvalue weighted by Gasteiger charge is -2.19. The van der Waals surface area contributed by atoms with Gasteiger partial charge in [0.05, 0.1) is 0 Å². The maximum absolute atomic E-state index is 3.73. The second kappa shape index (κ2) is 5.72. The fourth-order valence-corrected chi connectivity index (χ4v) is 2.31. The van der Waals surface area contributed by atoms with Crippen LogP contribution in [0.1, 0.15) is 46.5 Å². The van der Waals surface area contributed by atoms with E-state index < -0.39 is 0 Å². The van der Waals surface area contributed by atoms with E-state index in [1.165, 1.54) is 32.2 Å². The summed E-state index contributed by atoms with van der Waals surface area (Å²) in [6.07, 6.45) is 5.30. The lowest BCUT2D eigenvalue weighted by atomic mass is 10.1. The van der Waals surface area contributed by atoms with Gasteiger partial charge in [0.1, 0.15) is 0 Å². The topological polar surface area (TPSA) is 15.3 Å². The van der Waals surface area contributed by atoms with Crippen LogP contribution in [-0.4, -0.2) is 36.6 Å². The standard InChI is InChI=1S/C12H26N2/c1-5-6-7-10(2)13-12-8-11(3)14(4)9-12/h10-13H,5-9H2,1-4H3. The van der Waals surface area contributed by atoms with Crippen LogP contribution in [-0.2, 0) is 0 Å². The van der Waals surface area contributed by atoms with Crippen LogP contribution in [0.2, 0.25) is 0 Å². The first-order valence-corrected chi connectivity index (χ1v) is 6.09. The molecule has 0 aromatic heterocycles. The molecule has 0 amide bonds. The van der Waals surface area contributed by atoms with Gasteiger partial charge in [0, 0.05) is 24.7 Å². The minimum atomic E-state index is 0.693. The lowest BCUT2D eigenvalue weighted by molar-refractivity contribution is 0.324. The van der Waals surface area contributed by atoms with E-state index in [0.29, 0.717) is 6.04 Å². The summed E-state index contributed by atoms with van der Waals surface area (Å²) in [6.45, 7) is 8.12. The van der Waals surface area contributed by atoms with E-state index >= 15 is 0 Å². The first-order chi connectivity index (χ1) is 6.63. The molecule has 1 N–H and O–H groups in total. The van der Waals surface area contributed by atoms with E-state index in [1.54, 1.807) is 0 Å². The molecule has 0 spiro atoms. The summed E-state index contributed by atoms with van der Waals surface area (Å²) in [5.41, 5.74) is 0. The van der Waals surface area contributed by atoms with Gasteiger partial charge in [-0.05, 0) is 33.7 Å². The SMILES string of the molecule is CCCCC(C)NC1CC(C)N(C)C1. The molecule has 1 saturated heterocycles. The molecule has 1 rings (SSSR count). The predicted octanol–water partition coefficient (Wildman–Crippen LogP) is 2.25. The average Bonchev–Trinajstić information content (AvgIpc) is 2.42. The highest BCUT2D eigenvalue weighted by atomic mass is 15.2. The van der Waals surface area contributed by atoms with Gasteiger partial charge in [0.2, 0.25) is 0 Å². The Kier molecular flexibility index (Phi) is 4.90. The highest BCUT2D eigenvalue weighted by Crippen LogP contribution is 2.15. The molecule has 0 aliphatic carbocycles. The van der Waals surface area contributed by atoms with Gasteiger partial charge in [-0.25, -0.2) is 0 Å². The molecule has 0 radical (unpaired) electrons. The molecular weight excluding hydrogens is 172 g/mol. The van der Waals surface area contributed by atoms with Crippen molar-refractivity contribution < 1.29 is 0 Å². The maximum Gasteiger partial charge on any atom is 0.0212 e. The first-order valence-electron chi connectivity index (χ1n) is 6.09. The van der Waals surface area contributed by atoms with Crippen molar-refractivity contribution in [2.75, 3.05) is 13.6 Å². The number of hydrogen-bond donors (Lipinski definition) is 1. The van der Waals surface area contributed by atoms with Crippen LogP contribution in [0.3, 0.4) is 0 Å². The molecule has 0 bridgehead atoms. The van der Waals surface area contributed by atoms with Crippen LogP contribution in [0.4, 0.5) is 0 Å². The summed E-state index contributed by atoms with van der Waals surface area (Å²) < 4.78 is 0. The van der Waals surface area contributed by atoms with Crippen LogP contribution < -0.4 is 5.32 Å². The van der Waals surface area contributed by atoms with E-state index in [9.17, 15) is 0 Å². The summed E-state index contributed by atoms with van der Waals surface area (Å²) in [4.78, 5) is 2.45. The van der Waals surface area contributed by atoms with Crippen molar-refractivity contribution in [2.24, 2.45) is 0 Å². The zero-order valence-electron chi connectivity index (χ0n) is 10.2. The van der Waals surface area contributed by atoms with Crippen molar-refractivity contribution in [1.29, 1.82) is 0 Å². The molecule has 3 atom stereocenters. The summed E-state index contributed by atoms with van der Waals surface area (Å²) in [5.74, 6) is 0. The Morgan fingerprint density at radius 3 is 2.71 bits per heavy atom. The van der Waals surface area contributed by atoms with Crippen molar-refractivity contribution in [3.63, 3.8) is 0 Å². The minimum Gasteiger partial charge on any atom is -0.310 e.